The summed E-state index contributed by atoms with van der Waals surface area (Å²) < 4.78 is 29.3. The van der Waals surface area contributed by atoms with E-state index in [4.69, 9.17) is 16.0 Å². The summed E-state index contributed by atoms with van der Waals surface area (Å²) in [5.74, 6) is 0. The van der Waals surface area contributed by atoms with E-state index in [2.05, 4.69) is 0 Å². The summed E-state index contributed by atoms with van der Waals surface area (Å²) in [5.41, 5.74) is 10.2. The number of hydrogen-bond acceptors (Lipinski definition) is 4. The van der Waals surface area contributed by atoms with E-state index in [0.29, 0.717) is 0 Å². The van der Waals surface area contributed by atoms with Crippen LogP contribution in [0.4, 0.5) is 0 Å². The van der Waals surface area contributed by atoms with Crippen molar-refractivity contribution in [1.29, 1.82) is 0 Å². The van der Waals surface area contributed by atoms with Crippen LogP contribution >= 0.6 is 0 Å². The van der Waals surface area contributed by atoms with Crippen molar-refractivity contribution in [3.63, 3.8) is 0 Å². The maximum atomic E-state index is 10.4. The monoisotopic (exact) mass is 192 g/mol. The van der Waals surface area contributed by atoms with E-state index in [0.717, 1.165) is 0 Å². The molecule has 0 aliphatic carbocycles. The van der Waals surface area contributed by atoms with Crippen molar-refractivity contribution < 1.29 is 13.0 Å². The van der Waals surface area contributed by atoms with Crippen LogP contribution in [0.2, 0.25) is 0 Å². The van der Waals surface area contributed by atoms with Crippen LogP contribution in [0.15, 0.2) is 0 Å². The van der Waals surface area contributed by atoms with Crippen LogP contribution < -0.4 is 11.5 Å². The first-order valence-corrected chi connectivity index (χ1v) is 4.21. The number of nitrogens with two attached hydrogens (primary N) is 2. The number of rotatable bonds is 3. The van der Waals surface area contributed by atoms with E-state index in [1.165, 1.54) is 6.92 Å². The van der Waals surface area contributed by atoms with Gasteiger partial charge in [-0.15, -0.1) is 0 Å². The van der Waals surface area contributed by atoms with Gasteiger partial charge in [-0.05, 0) is 19.9 Å². The Bertz CT molecular complexity index is 201. The molecule has 0 bridgehead atoms. The molecule has 0 spiro atoms. The summed E-state index contributed by atoms with van der Waals surface area (Å²) in [6, 6.07) is 0. The van der Waals surface area contributed by atoms with Gasteiger partial charge in [0, 0.05) is 0 Å². The summed E-state index contributed by atoms with van der Waals surface area (Å²) >= 11 is 0. The molecule has 0 heterocycles. The first kappa shape index (κ1) is 14.4. The second kappa shape index (κ2) is 4.76. The molecular formula is C4H13N2NaO3S. The minimum absolute atomic E-state index is 0. The van der Waals surface area contributed by atoms with Gasteiger partial charge >= 0.3 is 29.6 Å². The molecule has 1 unspecified atom stereocenters. The van der Waals surface area contributed by atoms with Gasteiger partial charge in [0.1, 0.15) is 4.87 Å². The van der Waals surface area contributed by atoms with Gasteiger partial charge in [0.25, 0.3) is 10.1 Å². The Morgan fingerprint density at radius 1 is 1.55 bits per heavy atom. The maximum absolute atomic E-state index is 10.4. The third-order valence-corrected chi connectivity index (χ3v) is 2.61. The fourth-order valence-corrected chi connectivity index (χ4v) is 0.791. The molecule has 0 saturated carbocycles. The molecule has 0 aromatic carbocycles. The molecule has 0 aromatic rings. The van der Waals surface area contributed by atoms with Crippen LogP contribution in [-0.4, -0.2) is 53.9 Å². The Hall–Kier alpha value is 0.830. The fourth-order valence-electron chi connectivity index (χ4n) is 0.416. The Balaban J connectivity index is 0. The van der Waals surface area contributed by atoms with Crippen LogP contribution in [-0.2, 0) is 10.1 Å². The van der Waals surface area contributed by atoms with Crippen LogP contribution in [0.1, 0.15) is 13.3 Å². The molecule has 0 rings (SSSR count). The van der Waals surface area contributed by atoms with E-state index in [-0.39, 0.29) is 42.5 Å². The SMILES string of the molecule is CC(N)(CCN)S(=O)(=O)O.[NaH]. The van der Waals surface area contributed by atoms with Crippen molar-refractivity contribution >= 4 is 39.7 Å². The molecule has 0 radical (unpaired) electrons. The van der Waals surface area contributed by atoms with Crippen molar-refractivity contribution in [3.8, 4) is 0 Å². The fraction of sp³-hybridized carbons (Fsp3) is 1.00. The Morgan fingerprint density at radius 3 is 2.00 bits per heavy atom. The summed E-state index contributed by atoms with van der Waals surface area (Å²) in [6.45, 7) is 1.35. The Labute approximate surface area is 88.6 Å². The van der Waals surface area contributed by atoms with Crippen LogP contribution in [0, 0.1) is 0 Å². The van der Waals surface area contributed by atoms with E-state index in [1.807, 2.05) is 0 Å². The molecule has 0 fully saturated rings. The zero-order valence-electron chi connectivity index (χ0n) is 5.74. The van der Waals surface area contributed by atoms with Crippen LogP contribution in [0.5, 0.6) is 0 Å². The summed E-state index contributed by atoms with van der Waals surface area (Å²) in [7, 11) is -4.17. The van der Waals surface area contributed by atoms with Crippen molar-refractivity contribution in [2.75, 3.05) is 6.54 Å². The second-order valence-electron chi connectivity index (χ2n) is 2.33. The third-order valence-electron chi connectivity index (χ3n) is 1.23. The van der Waals surface area contributed by atoms with E-state index in [1.54, 1.807) is 0 Å². The molecular weight excluding hydrogens is 179 g/mol. The van der Waals surface area contributed by atoms with Gasteiger partial charge in [-0.25, -0.2) is 0 Å². The van der Waals surface area contributed by atoms with Gasteiger partial charge in [-0.1, -0.05) is 0 Å². The molecule has 5 nitrogen and oxygen atoms in total. The molecule has 0 aliphatic heterocycles. The minimum atomic E-state index is -4.17. The van der Waals surface area contributed by atoms with E-state index >= 15 is 0 Å². The quantitative estimate of drug-likeness (QED) is 0.363. The van der Waals surface area contributed by atoms with Crippen molar-refractivity contribution in [2.24, 2.45) is 11.5 Å². The Kier molecular flexibility index (Phi) is 6.21. The van der Waals surface area contributed by atoms with Gasteiger partial charge in [0.2, 0.25) is 0 Å². The third kappa shape index (κ3) is 4.41. The normalized spacial score (nSPS) is 16.7. The molecule has 1 atom stereocenters. The average molecular weight is 192 g/mol. The van der Waals surface area contributed by atoms with E-state index < -0.39 is 15.0 Å². The molecule has 0 saturated heterocycles. The molecule has 7 heteroatoms. The molecule has 0 aliphatic rings. The van der Waals surface area contributed by atoms with Gasteiger partial charge < -0.3 is 11.5 Å². The summed E-state index contributed by atoms with van der Waals surface area (Å²) in [4.78, 5) is -1.61. The first-order valence-electron chi connectivity index (χ1n) is 2.77. The molecule has 5 N–H and O–H groups in total. The van der Waals surface area contributed by atoms with Crippen LogP contribution in [0.3, 0.4) is 0 Å². The van der Waals surface area contributed by atoms with Gasteiger partial charge in [-0.2, -0.15) is 8.42 Å². The van der Waals surface area contributed by atoms with Crippen LogP contribution in [0.25, 0.3) is 0 Å². The topological polar surface area (TPSA) is 106 Å². The standard InChI is InChI=1S/C4H12N2O3S.Na.H/c1-4(6,2-3-5)10(7,8)9;;/h2-3,5-6H2,1H3,(H,7,8,9);;. The van der Waals surface area contributed by atoms with E-state index in [9.17, 15) is 8.42 Å². The summed E-state index contributed by atoms with van der Waals surface area (Å²) in [6.07, 6.45) is 0.0475. The molecule has 0 amide bonds. The zero-order chi connectivity index (χ0) is 8.41. The average Bonchev–Trinajstić information content (AvgIpc) is 1.61. The van der Waals surface area contributed by atoms with Crippen molar-refractivity contribution in [1.82, 2.24) is 0 Å². The predicted octanol–water partition coefficient (Wildman–Crippen LogP) is -1.75. The number of hydrogen-bond donors (Lipinski definition) is 3. The predicted molar refractivity (Wildman–Crippen MR) is 45.0 cm³/mol. The molecule has 0 aromatic heterocycles. The molecule has 11 heavy (non-hydrogen) atoms. The molecule has 64 valence electrons. The zero-order valence-corrected chi connectivity index (χ0v) is 6.56. The van der Waals surface area contributed by atoms with Gasteiger partial charge in [-0.3, -0.25) is 4.55 Å². The van der Waals surface area contributed by atoms with Gasteiger partial charge in [0.15, 0.2) is 0 Å². The first-order chi connectivity index (χ1) is 4.31. The second-order valence-corrected chi connectivity index (χ2v) is 4.21. The van der Waals surface area contributed by atoms with Gasteiger partial charge in [0.05, 0.1) is 0 Å². The Morgan fingerprint density at radius 2 is 1.91 bits per heavy atom. The van der Waals surface area contributed by atoms with Crippen molar-refractivity contribution in [2.45, 2.75) is 18.2 Å². The van der Waals surface area contributed by atoms with Crippen molar-refractivity contribution in [3.05, 3.63) is 0 Å². The summed E-state index contributed by atoms with van der Waals surface area (Å²) in [5, 5.41) is 0.